The van der Waals surface area contributed by atoms with E-state index in [-0.39, 0.29) is 11.9 Å². The fourth-order valence-electron chi connectivity index (χ4n) is 2.57. The Hall–Kier alpha value is -2.57. The second-order valence-electron chi connectivity index (χ2n) is 5.50. The molecule has 0 saturated carbocycles. The number of carbonyl (C=O) groups excluding carboxylic acids is 3. The van der Waals surface area contributed by atoms with Gasteiger partial charge in [0.1, 0.15) is 5.75 Å². The van der Waals surface area contributed by atoms with Crippen molar-refractivity contribution in [2.24, 2.45) is 5.92 Å². The average Bonchev–Trinajstić information content (AvgIpc) is 2.62. The van der Waals surface area contributed by atoms with Gasteiger partial charge in [-0.1, -0.05) is 0 Å². The van der Waals surface area contributed by atoms with Crippen molar-refractivity contribution >= 4 is 17.9 Å². The Kier molecular flexibility index (Phi) is 6.17. The van der Waals surface area contributed by atoms with Crippen LogP contribution in [-0.2, 0) is 9.53 Å². The Morgan fingerprint density at radius 2 is 1.79 bits per heavy atom. The highest BCUT2D eigenvalue weighted by Crippen LogP contribution is 2.19. The van der Waals surface area contributed by atoms with Crippen LogP contribution in [0.5, 0.6) is 5.75 Å². The van der Waals surface area contributed by atoms with Crippen LogP contribution >= 0.6 is 0 Å². The number of piperidine rings is 1. The maximum absolute atomic E-state index is 12.2. The van der Waals surface area contributed by atoms with E-state index < -0.39 is 11.9 Å². The average molecular weight is 334 g/mol. The van der Waals surface area contributed by atoms with Gasteiger partial charge in [0.25, 0.3) is 5.91 Å². The number of nitrogens with zero attached hydrogens (tertiary/aromatic N) is 1. The van der Waals surface area contributed by atoms with E-state index in [2.05, 4.69) is 5.32 Å². The second kappa shape index (κ2) is 8.33. The summed E-state index contributed by atoms with van der Waals surface area (Å²) < 4.78 is 10.0. The smallest absolute Gasteiger partial charge is 0.324 e. The first kappa shape index (κ1) is 17.8. The zero-order valence-corrected chi connectivity index (χ0v) is 13.9. The molecule has 0 aliphatic carbocycles. The first-order valence-electron chi connectivity index (χ1n) is 7.96. The molecule has 0 bridgehead atoms. The predicted molar refractivity (Wildman–Crippen MR) is 86.8 cm³/mol. The lowest BCUT2D eigenvalue weighted by Crippen LogP contribution is -2.47. The van der Waals surface area contributed by atoms with E-state index in [9.17, 15) is 14.4 Å². The van der Waals surface area contributed by atoms with Crippen LogP contribution in [0.15, 0.2) is 24.3 Å². The van der Waals surface area contributed by atoms with Crippen molar-refractivity contribution in [2.75, 3.05) is 26.8 Å². The van der Waals surface area contributed by atoms with E-state index in [4.69, 9.17) is 9.47 Å². The molecule has 0 atom stereocenters. The number of ether oxygens (including phenoxy) is 2. The van der Waals surface area contributed by atoms with Crippen LogP contribution in [0.1, 0.15) is 30.1 Å². The van der Waals surface area contributed by atoms with Gasteiger partial charge in [0.05, 0.1) is 19.6 Å². The number of esters is 1. The molecule has 1 N–H and O–H groups in total. The lowest BCUT2D eigenvalue weighted by atomic mass is 9.97. The third kappa shape index (κ3) is 4.47. The molecule has 1 fully saturated rings. The van der Waals surface area contributed by atoms with E-state index in [0.29, 0.717) is 43.9 Å². The van der Waals surface area contributed by atoms with Crippen LogP contribution in [0, 0.1) is 5.92 Å². The molecule has 7 nitrogen and oxygen atoms in total. The minimum Gasteiger partial charge on any atom is -0.497 e. The fourth-order valence-corrected chi connectivity index (χ4v) is 2.57. The van der Waals surface area contributed by atoms with E-state index >= 15 is 0 Å². The van der Waals surface area contributed by atoms with Gasteiger partial charge in [-0.3, -0.25) is 14.9 Å². The Balaban J connectivity index is 1.84. The van der Waals surface area contributed by atoms with Crippen molar-refractivity contribution in [1.29, 1.82) is 0 Å². The molecule has 1 aliphatic rings. The van der Waals surface area contributed by atoms with Gasteiger partial charge in [-0.2, -0.15) is 0 Å². The van der Waals surface area contributed by atoms with Gasteiger partial charge in [0.15, 0.2) is 0 Å². The molecule has 3 amide bonds. The second-order valence-corrected chi connectivity index (χ2v) is 5.50. The van der Waals surface area contributed by atoms with Crippen LogP contribution in [0.2, 0.25) is 0 Å². The van der Waals surface area contributed by atoms with Crippen molar-refractivity contribution < 1.29 is 23.9 Å². The molecule has 1 heterocycles. The van der Waals surface area contributed by atoms with Gasteiger partial charge in [0, 0.05) is 18.7 Å². The van der Waals surface area contributed by atoms with Crippen molar-refractivity contribution in [3.63, 3.8) is 0 Å². The molecule has 1 saturated heterocycles. The molecule has 7 heteroatoms. The normalized spacial score (nSPS) is 14.8. The fraction of sp³-hybridized carbons (Fsp3) is 0.471. The molecular weight excluding hydrogens is 312 g/mol. The maximum atomic E-state index is 12.2. The van der Waals surface area contributed by atoms with Crippen molar-refractivity contribution in [3.05, 3.63) is 29.8 Å². The number of methoxy groups -OCH3 is 1. The van der Waals surface area contributed by atoms with Crippen LogP contribution in [-0.4, -0.2) is 49.6 Å². The number of rotatable bonds is 4. The number of likely N-dealkylation sites (tertiary alicyclic amines) is 1. The van der Waals surface area contributed by atoms with E-state index in [1.54, 1.807) is 38.3 Å². The molecule has 24 heavy (non-hydrogen) atoms. The molecule has 130 valence electrons. The highest BCUT2D eigenvalue weighted by molar-refractivity contribution is 6.04. The molecule has 0 spiro atoms. The summed E-state index contributed by atoms with van der Waals surface area (Å²) in [6.07, 6.45) is 1.09. The summed E-state index contributed by atoms with van der Waals surface area (Å²) in [5, 5.41) is 2.36. The number of amides is 3. The predicted octanol–water partition coefficient (Wildman–Crippen LogP) is 1.82. The van der Waals surface area contributed by atoms with Gasteiger partial charge in [-0.15, -0.1) is 0 Å². The third-order valence-electron chi connectivity index (χ3n) is 3.97. The molecule has 0 aromatic heterocycles. The first-order valence-corrected chi connectivity index (χ1v) is 7.96. The number of nitrogens with one attached hydrogen (secondary N) is 1. The number of carbonyl (C=O) groups is 3. The Morgan fingerprint density at radius 3 is 2.33 bits per heavy atom. The molecule has 0 radical (unpaired) electrons. The third-order valence-corrected chi connectivity index (χ3v) is 3.97. The Labute approximate surface area is 140 Å². The van der Waals surface area contributed by atoms with Gasteiger partial charge < -0.3 is 14.4 Å². The largest absolute Gasteiger partial charge is 0.497 e. The van der Waals surface area contributed by atoms with E-state index in [1.807, 2.05) is 0 Å². The summed E-state index contributed by atoms with van der Waals surface area (Å²) in [6, 6.07) is 6.05. The Morgan fingerprint density at radius 1 is 1.17 bits per heavy atom. The minimum absolute atomic E-state index is 0.175. The zero-order chi connectivity index (χ0) is 17.5. The van der Waals surface area contributed by atoms with Crippen LogP contribution in [0.4, 0.5) is 4.79 Å². The number of imide groups is 1. The molecule has 1 aromatic carbocycles. The SMILES string of the molecule is CCOC(=O)C1CCN(C(=O)NC(=O)c2ccc(OC)cc2)CC1. The van der Waals surface area contributed by atoms with E-state index in [0.717, 1.165) is 0 Å². The van der Waals surface area contributed by atoms with Gasteiger partial charge >= 0.3 is 12.0 Å². The van der Waals surface area contributed by atoms with Gasteiger partial charge in [-0.05, 0) is 44.0 Å². The monoisotopic (exact) mass is 334 g/mol. The molecule has 0 unspecified atom stereocenters. The number of hydrogen-bond acceptors (Lipinski definition) is 5. The summed E-state index contributed by atoms with van der Waals surface area (Å²) in [4.78, 5) is 37.5. The van der Waals surface area contributed by atoms with Crippen molar-refractivity contribution in [2.45, 2.75) is 19.8 Å². The van der Waals surface area contributed by atoms with Gasteiger partial charge in [-0.25, -0.2) is 4.79 Å². The van der Waals surface area contributed by atoms with Crippen LogP contribution < -0.4 is 10.1 Å². The van der Waals surface area contributed by atoms with Gasteiger partial charge in [0.2, 0.25) is 0 Å². The summed E-state index contributed by atoms with van der Waals surface area (Å²) in [5.74, 6) is -0.216. The van der Waals surface area contributed by atoms with Crippen molar-refractivity contribution in [1.82, 2.24) is 10.2 Å². The molecule has 1 aromatic rings. The lowest BCUT2D eigenvalue weighted by molar-refractivity contribution is -0.149. The number of urea groups is 1. The number of benzene rings is 1. The minimum atomic E-state index is -0.463. The topological polar surface area (TPSA) is 84.9 Å². The van der Waals surface area contributed by atoms with Crippen LogP contribution in [0.25, 0.3) is 0 Å². The standard InChI is InChI=1S/C17H22N2O5/c1-3-24-16(21)13-8-10-19(11-9-13)17(22)18-15(20)12-4-6-14(23-2)7-5-12/h4-7,13H,3,8-11H2,1-2H3,(H,18,20,22). The van der Waals surface area contributed by atoms with E-state index in [1.165, 1.54) is 4.90 Å². The quantitative estimate of drug-likeness (QED) is 0.849. The summed E-state index contributed by atoms with van der Waals surface area (Å²) in [7, 11) is 1.54. The molecular formula is C17H22N2O5. The Bertz CT molecular complexity index is 592. The first-order chi connectivity index (χ1) is 11.5. The zero-order valence-electron chi connectivity index (χ0n) is 13.9. The highest BCUT2D eigenvalue weighted by atomic mass is 16.5. The summed E-state index contributed by atoms with van der Waals surface area (Å²) in [5.41, 5.74) is 0.380. The van der Waals surface area contributed by atoms with Crippen LogP contribution in [0.3, 0.4) is 0 Å². The summed E-state index contributed by atoms with van der Waals surface area (Å²) >= 11 is 0. The lowest BCUT2D eigenvalue weighted by Gasteiger charge is -2.30. The maximum Gasteiger partial charge on any atom is 0.324 e. The van der Waals surface area contributed by atoms with Crippen molar-refractivity contribution in [3.8, 4) is 5.75 Å². The summed E-state index contributed by atoms with van der Waals surface area (Å²) in [6.45, 7) is 2.97. The molecule has 2 rings (SSSR count). The number of hydrogen-bond donors (Lipinski definition) is 1. The highest BCUT2D eigenvalue weighted by Gasteiger charge is 2.28. The molecule has 1 aliphatic heterocycles.